The van der Waals surface area contributed by atoms with Gasteiger partial charge in [-0.25, -0.2) is 13.1 Å². The molecule has 1 aliphatic rings. The maximum Gasteiger partial charge on any atom is 0.214 e. The second-order valence-corrected chi connectivity index (χ2v) is 7.13. The van der Waals surface area contributed by atoms with E-state index in [9.17, 15) is 8.42 Å². The molecule has 4 nitrogen and oxygen atoms in total. The molecule has 0 saturated carbocycles. The molecule has 1 heterocycles. The number of sulfonamides is 1. The lowest BCUT2D eigenvalue weighted by molar-refractivity contribution is 0.0981. The van der Waals surface area contributed by atoms with Gasteiger partial charge in [-0.15, -0.1) is 11.6 Å². The first kappa shape index (κ1) is 14.2. The molecule has 0 radical (unpaired) electrons. The SMILES string of the molecule is CC(Cl)CC(C)NS(=O)(=O)C1CCOCC1. The molecule has 0 aromatic carbocycles. The minimum absolute atomic E-state index is 0.0209. The molecule has 0 aromatic rings. The van der Waals surface area contributed by atoms with Crippen molar-refractivity contribution in [1.82, 2.24) is 4.72 Å². The van der Waals surface area contributed by atoms with E-state index in [0.717, 1.165) is 0 Å². The first-order chi connectivity index (χ1) is 7.42. The summed E-state index contributed by atoms with van der Waals surface area (Å²) in [5.74, 6) is 0. The molecule has 1 N–H and O–H groups in total. The maximum atomic E-state index is 12.0. The van der Waals surface area contributed by atoms with Crippen molar-refractivity contribution in [2.75, 3.05) is 13.2 Å². The van der Waals surface area contributed by atoms with E-state index in [4.69, 9.17) is 16.3 Å². The highest BCUT2D eigenvalue weighted by Gasteiger charge is 2.28. The largest absolute Gasteiger partial charge is 0.381 e. The second kappa shape index (κ2) is 6.19. The highest BCUT2D eigenvalue weighted by Crippen LogP contribution is 2.16. The van der Waals surface area contributed by atoms with Crippen molar-refractivity contribution >= 4 is 21.6 Å². The molecular weight excluding hydrogens is 250 g/mol. The van der Waals surface area contributed by atoms with Crippen LogP contribution in [-0.2, 0) is 14.8 Å². The Kier molecular flexibility index (Phi) is 5.50. The Morgan fingerprint density at radius 3 is 2.44 bits per heavy atom. The molecule has 1 fully saturated rings. The van der Waals surface area contributed by atoms with Crippen molar-refractivity contribution in [1.29, 1.82) is 0 Å². The van der Waals surface area contributed by atoms with E-state index in [2.05, 4.69) is 4.72 Å². The molecule has 0 amide bonds. The van der Waals surface area contributed by atoms with E-state index in [1.165, 1.54) is 0 Å². The molecule has 1 aliphatic heterocycles. The van der Waals surface area contributed by atoms with Crippen LogP contribution in [0, 0.1) is 0 Å². The third-order valence-electron chi connectivity index (χ3n) is 2.65. The van der Waals surface area contributed by atoms with Crippen LogP contribution in [0.25, 0.3) is 0 Å². The molecule has 2 unspecified atom stereocenters. The summed E-state index contributed by atoms with van der Waals surface area (Å²) in [7, 11) is -3.22. The van der Waals surface area contributed by atoms with Gasteiger partial charge in [0, 0.05) is 24.6 Å². The predicted octanol–water partition coefficient (Wildman–Crippen LogP) is 1.49. The van der Waals surface area contributed by atoms with E-state index >= 15 is 0 Å². The minimum atomic E-state index is -3.22. The van der Waals surface area contributed by atoms with Gasteiger partial charge in [-0.2, -0.15) is 0 Å². The van der Waals surface area contributed by atoms with Gasteiger partial charge in [-0.05, 0) is 33.1 Å². The van der Waals surface area contributed by atoms with E-state index < -0.39 is 10.0 Å². The first-order valence-electron chi connectivity index (χ1n) is 5.65. The Hall–Kier alpha value is 0.160. The zero-order valence-electron chi connectivity index (χ0n) is 9.78. The molecule has 6 heteroatoms. The van der Waals surface area contributed by atoms with Crippen molar-refractivity contribution in [2.45, 2.75) is 49.8 Å². The van der Waals surface area contributed by atoms with Gasteiger partial charge in [0.25, 0.3) is 0 Å². The molecule has 1 rings (SSSR count). The lowest BCUT2D eigenvalue weighted by Gasteiger charge is -2.24. The van der Waals surface area contributed by atoms with Crippen molar-refractivity contribution < 1.29 is 13.2 Å². The number of alkyl halides is 1. The summed E-state index contributed by atoms with van der Waals surface area (Å²) in [4.78, 5) is 0. The van der Waals surface area contributed by atoms with Crippen LogP contribution in [0.1, 0.15) is 33.1 Å². The Labute approximate surface area is 103 Å². The van der Waals surface area contributed by atoms with Gasteiger partial charge in [0.05, 0.1) is 5.25 Å². The summed E-state index contributed by atoms with van der Waals surface area (Å²) < 4.78 is 31.8. The van der Waals surface area contributed by atoms with E-state index in [1.54, 1.807) is 0 Å². The van der Waals surface area contributed by atoms with Crippen LogP contribution in [0.4, 0.5) is 0 Å². The van der Waals surface area contributed by atoms with E-state index in [1.807, 2.05) is 13.8 Å². The summed E-state index contributed by atoms with van der Waals surface area (Å²) in [6.45, 7) is 4.77. The predicted molar refractivity (Wildman–Crippen MR) is 65.3 cm³/mol. The normalized spacial score (nSPS) is 22.9. The van der Waals surface area contributed by atoms with E-state index in [0.29, 0.717) is 32.5 Å². The van der Waals surface area contributed by atoms with E-state index in [-0.39, 0.29) is 16.7 Å². The number of rotatable bonds is 5. The number of nitrogens with one attached hydrogen (secondary N) is 1. The Balaban J connectivity index is 2.49. The van der Waals surface area contributed by atoms with Gasteiger partial charge in [-0.1, -0.05) is 0 Å². The Bertz CT molecular complexity index is 299. The third-order valence-corrected chi connectivity index (χ3v) is 4.91. The second-order valence-electron chi connectivity index (χ2n) is 4.39. The molecule has 0 aliphatic carbocycles. The topological polar surface area (TPSA) is 55.4 Å². The van der Waals surface area contributed by atoms with Gasteiger partial charge in [0.2, 0.25) is 10.0 Å². The standard InChI is InChI=1S/C10H20ClNO3S/c1-8(11)7-9(2)12-16(13,14)10-3-5-15-6-4-10/h8-10,12H,3-7H2,1-2H3. The van der Waals surface area contributed by atoms with Crippen LogP contribution in [-0.4, -0.2) is 38.3 Å². The first-order valence-corrected chi connectivity index (χ1v) is 7.63. The number of hydrogen-bond donors (Lipinski definition) is 1. The Morgan fingerprint density at radius 2 is 1.94 bits per heavy atom. The summed E-state index contributed by atoms with van der Waals surface area (Å²) >= 11 is 5.83. The smallest absolute Gasteiger partial charge is 0.214 e. The highest BCUT2D eigenvalue weighted by atomic mass is 35.5. The highest BCUT2D eigenvalue weighted by molar-refractivity contribution is 7.90. The lowest BCUT2D eigenvalue weighted by atomic mass is 10.2. The average Bonchev–Trinajstić information content (AvgIpc) is 2.16. The molecular formula is C10H20ClNO3S. The minimum Gasteiger partial charge on any atom is -0.381 e. The molecule has 1 saturated heterocycles. The molecule has 0 bridgehead atoms. The zero-order valence-corrected chi connectivity index (χ0v) is 11.4. The van der Waals surface area contributed by atoms with Crippen LogP contribution in [0.5, 0.6) is 0 Å². The quantitative estimate of drug-likeness (QED) is 0.770. The lowest BCUT2D eigenvalue weighted by Crippen LogP contribution is -2.42. The van der Waals surface area contributed by atoms with Crippen LogP contribution >= 0.6 is 11.6 Å². The summed E-state index contributed by atoms with van der Waals surface area (Å²) in [6, 6.07) is -0.111. The summed E-state index contributed by atoms with van der Waals surface area (Å²) in [5, 5.41) is -0.332. The average molecular weight is 270 g/mol. The van der Waals surface area contributed by atoms with Gasteiger partial charge in [0.1, 0.15) is 0 Å². The number of hydrogen-bond acceptors (Lipinski definition) is 3. The summed E-state index contributed by atoms with van der Waals surface area (Å²) in [6.07, 6.45) is 1.81. The molecule has 16 heavy (non-hydrogen) atoms. The van der Waals surface area contributed by atoms with Crippen molar-refractivity contribution in [3.8, 4) is 0 Å². The van der Waals surface area contributed by atoms with Crippen LogP contribution in [0.3, 0.4) is 0 Å². The van der Waals surface area contributed by atoms with Crippen molar-refractivity contribution in [3.63, 3.8) is 0 Å². The zero-order chi connectivity index (χ0) is 12.2. The Morgan fingerprint density at radius 1 is 1.38 bits per heavy atom. The van der Waals surface area contributed by atoms with Crippen molar-refractivity contribution in [2.24, 2.45) is 0 Å². The van der Waals surface area contributed by atoms with Crippen LogP contribution in [0.2, 0.25) is 0 Å². The van der Waals surface area contributed by atoms with Crippen LogP contribution in [0.15, 0.2) is 0 Å². The number of halogens is 1. The van der Waals surface area contributed by atoms with Gasteiger partial charge in [0.15, 0.2) is 0 Å². The molecule has 96 valence electrons. The maximum absolute atomic E-state index is 12.0. The van der Waals surface area contributed by atoms with Gasteiger partial charge >= 0.3 is 0 Å². The summed E-state index contributed by atoms with van der Waals surface area (Å²) in [5.41, 5.74) is 0. The third kappa shape index (κ3) is 4.57. The van der Waals surface area contributed by atoms with Gasteiger partial charge < -0.3 is 4.74 Å². The molecule has 0 spiro atoms. The van der Waals surface area contributed by atoms with Crippen LogP contribution < -0.4 is 4.72 Å². The van der Waals surface area contributed by atoms with Gasteiger partial charge in [-0.3, -0.25) is 0 Å². The fourth-order valence-electron chi connectivity index (χ4n) is 1.90. The molecule has 0 aromatic heterocycles. The molecule has 2 atom stereocenters. The monoisotopic (exact) mass is 269 g/mol. The van der Waals surface area contributed by atoms with Crippen molar-refractivity contribution in [3.05, 3.63) is 0 Å². The fourth-order valence-corrected chi connectivity index (χ4v) is 3.83. The fraction of sp³-hybridized carbons (Fsp3) is 1.00. The number of ether oxygens (including phenoxy) is 1.